The van der Waals surface area contributed by atoms with Gasteiger partial charge >= 0.3 is 0 Å². The first kappa shape index (κ1) is 19.8. The lowest BCUT2D eigenvalue weighted by Gasteiger charge is -2.13. The van der Waals surface area contributed by atoms with Crippen molar-refractivity contribution in [1.82, 2.24) is 0 Å². The zero-order valence-corrected chi connectivity index (χ0v) is 18.1. The Kier molecular flexibility index (Phi) is 6.82. The van der Waals surface area contributed by atoms with Crippen LogP contribution in [0.15, 0.2) is 81.7 Å². The van der Waals surface area contributed by atoms with Crippen LogP contribution in [-0.4, -0.2) is 10.1 Å². The van der Waals surface area contributed by atoms with Gasteiger partial charge in [0.2, 0.25) is 0 Å². The second-order valence-electron chi connectivity index (χ2n) is 5.73. The molecule has 138 valence electrons. The van der Waals surface area contributed by atoms with E-state index in [0.29, 0.717) is 22.7 Å². The molecule has 2 N–H and O–H groups in total. The van der Waals surface area contributed by atoms with E-state index < -0.39 is 11.0 Å². The minimum Gasteiger partial charge on any atom is -0.322 e. The number of halogens is 2. The molecule has 27 heavy (non-hydrogen) atoms. The van der Waals surface area contributed by atoms with E-state index in [4.69, 9.17) is 0 Å². The minimum absolute atomic E-state index is 0.280. The maximum atomic E-state index is 12.7. The van der Waals surface area contributed by atoms with Crippen LogP contribution in [0.3, 0.4) is 0 Å². The molecule has 3 aromatic rings. The Morgan fingerprint density at radius 3 is 2.26 bits per heavy atom. The number of carbonyl (C=O) groups excluding carboxylic acids is 1. The van der Waals surface area contributed by atoms with Gasteiger partial charge in [-0.05, 0) is 48.0 Å². The van der Waals surface area contributed by atoms with Crippen LogP contribution in [-0.2, 0) is 16.7 Å². The number of carbonyl (C=O) groups is 1. The van der Waals surface area contributed by atoms with Gasteiger partial charge in [0.1, 0.15) is 11.0 Å². The van der Waals surface area contributed by atoms with E-state index in [0.717, 1.165) is 14.5 Å². The van der Waals surface area contributed by atoms with Crippen molar-refractivity contribution in [2.24, 2.45) is 0 Å². The largest absolute Gasteiger partial charge is 0.322 e. The molecule has 0 fully saturated rings. The minimum atomic E-state index is -1.36. The summed E-state index contributed by atoms with van der Waals surface area (Å²) in [5, 5.41) is 2.86. The molecule has 1 amide bonds. The van der Waals surface area contributed by atoms with Crippen molar-refractivity contribution in [1.29, 1.82) is 0 Å². The van der Waals surface area contributed by atoms with Crippen LogP contribution in [0.2, 0.25) is 0 Å². The third-order valence-corrected chi connectivity index (χ3v) is 5.76. The molecule has 3 aromatic carbocycles. The van der Waals surface area contributed by atoms with Gasteiger partial charge in [0, 0.05) is 14.6 Å². The first-order valence-electron chi connectivity index (χ1n) is 8.07. The van der Waals surface area contributed by atoms with E-state index >= 15 is 0 Å². The molecule has 0 aliphatic heterocycles. The van der Waals surface area contributed by atoms with Crippen molar-refractivity contribution in [2.75, 3.05) is 10.0 Å². The topological polar surface area (TPSA) is 58.2 Å². The van der Waals surface area contributed by atoms with Gasteiger partial charge in [-0.25, -0.2) is 4.21 Å². The molecule has 7 heteroatoms. The molecule has 3 rings (SSSR count). The van der Waals surface area contributed by atoms with Crippen molar-refractivity contribution in [2.45, 2.75) is 5.75 Å². The maximum absolute atomic E-state index is 12.7. The quantitative estimate of drug-likeness (QED) is 0.447. The zero-order chi connectivity index (χ0) is 19.2. The Hall–Kier alpha value is -1.96. The fourth-order valence-electron chi connectivity index (χ4n) is 2.41. The number of hydrogen-bond acceptors (Lipinski definition) is 2. The SMILES string of the molecule is O=C(Nc1ccc(Br)cc1)c1cc(Br)ccc1NS(=O)Cc1ccccc1. The Labute approximate surface area is 177 Å². The molecule has 0 aromatic heterocycles. The molecule has 0 spiro atoms. The Morgan fingerprint density at radius 1 is 0.889 bits per heavy atom. The fourth-order valence-corrected chi connectivity index (χ4v) is 4.03. The van der Waals surface area contributed by atoms with E-state index in [2.05, 4.69) is 41.9 Å². The number of anilines is 2. The third kappa shape index (κ3) is 5.76. The monoisotopic (exact) mass is 506 g/mol. The van der Waals surface area contributed by atoms with Gasteiger partial charge in [0.25, 0.3) is 5.91 Å². The van der Waals surface area contributed by atoms with Gasteiger partial charge in [0.15, 0.2) is 0 Å². The second kappa shape index (κ2) is 9.30. The molecule has 0 radical (unpaired) electrons. The Balaban J connectivity index is 1.77. The average molecular weight is 508 g/mol. The molecular formula is C20H16Br2N2O2S. The van der Waals surface area contributed by atoms with E-state index in [1.54, 1.807) is 30.3 Å². The van der Waals surface area contributed by atoms with Gasteiger partial charge in [0.05, 0.1) is 17.0 Å². The highest BCUT2D eigenvalue weighted by Gasteiger charge is 2.14. The molecule has 0 aliphatic rings. The van der Waals surface area contributed by atoms with E-state index in [1.165, 1.54) is 0 Å². The van der Waals surface area contributed by atoms with Crippen molar-refractivity contribution < 1.29 is 9.00 Å². The molecule has 1 unspecified atom stereocenters. The van der Waals surface area contributed by atoms with Crippen LogP contribution >= 0.6 is 31.9 Å². The lowest BCUT2D eigenvalue weighted by atomic mass is 10.1. The summed E-state index contributed by atoms with van der Waals surface area (Å²) in [4.78, 5) is 12.7. The summed E-state index contributed by atoms with van der Waals surface area (Å²) in [6, 6.07) is 22.1. The fraction of sp³-hybridized carbons (Fsp3) is 0.0500. The van der Waals surface area contributed by atoms with Crippen LogP contribution < -0.4 is 10.0 Å². The molecular weight excluding hydrogens is 492 g/mol. The first-order valence-corrected chi connectivity index (χ1v) is 11.0. The summed E-state index contributed by atoms with van der Waals surface area (Å²) in [5.74, 6) is 0.0721. The zero-order valence-electron chi connectivity index (χ0n) is 14.1. The molecule has 0 aliphatic carbocycles. The van der Waals surface area contributed by atoms with Gasteiger partial charge in [-0.2, -0.15) is 0 Å². The molecule has 0 saturated carbocycles. The van der Waals surface area contributed by atoms with Crippen molar-refractivity contribution in [3.05, 3.63) is 92.9 Å². The number of amides is 1. The average Bonchev–Trinajstić information content (AvgIpc) is 2.66. The predicted octanol–water partition coefficient (Wildman–Crippen LogP) is 5.74. The summed E-state index contributed by atoms with van der Waals surface area (Å²) in [6.45, 7) is 0. The highest BCUT2D eigenvalue weighted by molar-refractivity contribution is 9.10. The molecule has 0 bridgehead atoms. The van der Waals surface area contributed by atoms with Crippen LogP contribution in [0.4, 0.5) is 11.4 Å². The summed E-state index contributed by atoms with van der Waals surface area (Å²) in [5.41, 5.74) is 2.57. The highest BCUT2D eigenvalue weighted by atomic mass is 79.9. The lowest BCUT2D eigenvalue weighted by Crippen LogP contribution is -2.16. The van der Waals surface area contributed by atoms with Crippen molar-refractivity contribution in [3.8, 4) is 0 Å². The van der Waals surface area contributed by atoms with Crippen molar-refractivity contribution in [3.63, 3.8) is 0 Å². The van der Waals surface area contributed by atoms with Crippen LogP contribution in [0.1, 0.15) is 15.9 Å². The van der Waals surface area contributed by atoms with Crippen LogP contribution in [0.5, 0.6) is 0 Å². The van der Waals surface area contributed by atoms with E-state index in [-0.39, 0.29) is 5.91 Å². The highest BCUT2D eigenvalue weighted by Crippen LogP contribution is 2.24. The molecule has 0 saturated heterocycles. The van der Waals surface area contributed by atoms with Gasteiger partial charge in [-0.3, -0.25) is 4.79 Å². The number of rotatable bonds is 6. The predicted molar refractivity (Wildman–Crippen MR) is 118 cm³/mol. The van der Waals surface area contributed by atoms with Gasteiger partial charge < -0.3 is 10.0 Å². The summed E-state index contributed by atoms with van der Waals surface area (Å²) in [6.07, 6.45) is 0. The lowest BCUT2D eigenvalue weighted by molar-refractivity contribution is 0.102. The number of nitrogens with one attached hydrogen (secondary N) is 2. The van der Waals surface area contributed by atoms with Gasteiger partial charge in [-0.1, -0.05) is 62.2 Å². The van der Waals surface area contributed by atoms with E-state index in [9.17, 15) is 9.00 Å². The number of hydrogen-bond donors (Lipinski definition) is 2. The Bertz CT molecular complexity index is 963. The molecule has 1 atom stereocenters. The summed E-state index contributed by atoms with van der Waals surface area (Å²) >= 11 is 6.76. The standard InChI is InChI=1S/C20H16Br2N2O2S/c21-15-6-9-17(10-7-15)23-20(25)18-12-16(22)8-11-19(18)24-27(26)13-14-4-2-1-3-5-14/h1-12,24H,13H2,(H,23,25). The number of benzene rings is 3. The third-order valence-electron chi connectivity index (χ3n) is 3.69. The molecule has 0 heterocycles. The Morgan fingerprint density at radius 2 is 1.56 bits per heavy atom. The van der Waals surface area contributed by atoms with Gasteiger partial charge in [-0.15, -0.1) is 0 Å². The van der Waals surface area contributed by atoms with Crippen molar-refractivity contribution >= 4 is 60.1 Å². The second-order valence-corrected chi connectivity index (χ2v) is 8.74. The summed E-state index contributed by atoms with van der Waals surface area (Å²) < 4.78 is 17.1. The van der Waals surface area contributed by atoms with Crippen LogP contribution in [0, 0.1) is 0 Å². The smallest absolute Gasteiger partial charge is 0.257 e. The maximum Gasteiger partial charge on any atom is 0.257 e. The first-order chi connectivity index (χ1) is 13.0. The molecule has 4 nitrogen and oxygen atoms in total. The summed E-state index contributed by atoms with van der Waals surface area (Å²) in [7, 11) is -1.36. The van der Waals surface area contributed by atoms with Crippen LogP contribution in [0.25, 0.3) is 0 Å². The van der Waals surface area contributed by atoms with E-state index in [1.807, 2.05) is 42.5 Å². The normalized spacial score (nSPS) is 11.6.